The maximum atomic E-state index is 3.85. The number of nitrogens with one attached hydrogen (secondary N) is 1. The lowest BCUT2D eigenvalue weighted by molar-refractivity contribution is 0.808. The molecular formula is C32H20N2. The first kappa shape index (κ1) is 17.2. The Kier molecular flexibility index (Phi) is 2.93. The van der Waals surface area contributed by atoms with Crippen LogP contribution in [0.3, 0.4) is 0 Å². The number of hydrogen-bond donors (Lipinski definition) is 1. The lowest BCUT2D eigenvalue weighted by Gasteiger charge is -2.25. The van der Waals surface area contributed by atoms with Gasteiger partial charge in [-0.25, -0.2) is 0 Å². The number of nitrogens with zero attached hydrogens (tertiary/aromatic N) is 1. The minimum atomic E-state index is 0.294. The van der Waals surface area contributed by atoms with Crippen LogP contribution in [0, 0.1) is 0 Å². The van der Waals surface area contributed by atoms with Gasteiger partial charge in [0, 0.05) is 33.5 Å². The van der Waals surface area contributed by atoms with Crippen molar-refractivity contribution < 1.29 is 0 Å². The molecule has 5 aromatic carbocycles. The van der Waals surface area contributed by atoms with Crippen molar-refractivity contribution in [3.8, 4) is 0 Å². The van der Waals surface area contributed by atoms with Gasteiger partial charge in [-0.05, 0) is 44.5 Å². The number of benzene rings is 5. The van der Waals surface area contributed by atoms with Crippen LogP contribution in [0.15, 0.2) is 97.1 Å². The molecule has 1 aliphatic carbocycles. The SMILES string of the molecule is C1=c2ccccc2=C2c3ccccc3N3c4c(c5ccccc5c5c4[nH]c4ccccc45)C1C23. The van der Waals surface area contributed by atoms with Crippen LogP contribution in [0.25, 0.3) is 44.2 Å². The highest BCUT2D eigenvalue weighted by atomic mass is 15.2. The zero-order chi connectivity index (χ0) is 22.0. The van der Waals surface area contributed by atoms with Crippen LogP contribution >= 0.6 is 0 Å². The lowest BCUT2D eigenvalue weighted by atomic mass is 9.81. The summed E-state index contributed by atoms with van der Waals surface area (Å²) >= 11 is 0. The van der Waals surface area contributed by atoms with Crippen molar-refractivity contribution in [1.82, 2.24) is 4.98 Å². The predicted molar refractivity (Wildman–Crippen MR) is 141 cm³/mol. The van der Waals surface area contributed by atoms with E-state index < -0.39 is 0 Å². The van der Waals surface area contributed by atoms with Gasteiger partial charge in [-0.2, -0.15) is 0 Å². The summed E-state index contributed by atoms with van der Waals surface area (Å²) in [7, 11) is 0. The summed E-state index contributed by atoms with van der Waals surface area (Å²) in [5.41, 5.74) is 9.45. The van der Waals surface area contributed by atoms with E-state index in [9.17, 15) is 0 Å². The Bertz CT molecular complexity index is 1990. The molecule has 2 aliphatic heterocycles. The fraction of sp³-hybridized carbons (Fsp3) is 0.0625. The van der Waals surface area contributed by atoms with E-state index in [1.165, 1.54) is 71.1 Å². The number of anilines is 2. The van der Waals surface area contributed by atoms with Crippen molar-refractivity contribution in [3.63, 3.8) is 0 Å². The number of aromatic amines is 1. The Morgan fingerprint density at radius 1 is 0.676 bits per heavy atom. The predicted octanol–water partition coefficient (Wildman–Crippen LogP) is 6.08. The summed E-state index contributed by atoms with van der Waals surface area (Å²) in [6, 6.07) is 36.0. The van der Waals surface area contributed by atoms with Crippen LogP contribution in [0.2, 0.25) is 0 Å². The highest BCUT2D eigenvalue weighted by molar-refractivity contribution is 6.26. The van der Waals surface area contributed by atoms with Crippen molar-refractivity contribution in [2.75, 3.05) is 4.90 Å². The van der Waals surface area contributed by atoms with E-state index in [1.807, 2.05) is 0 Å². The van der Waals surface area contributed by atoms with Gasteiger partial charge in [0.25, 0.3) is 0 Å². The number of para-hydroxylation sites is 2. The topological polar surface area (TPSA) is 19.0 Å². The van der Waals surface area contributed by atoms with Crippen molar-refractivity contribution in [2.45, 2.75) is 12.0 Å². The molecule has 0 amide bonds. The number of hydrogen-bond acceptors (Lipinski definition) is 1. The zero-order valence-electron chi connectivity index (χ0n) is 18.4. The molecule has 34 heavy (non-hydrogen) atoms. The molecule has 3 heterocycles. The quantitative estimate of drug-likeness (QED) is 0.308. The van der Waals surface area contributed by atoms with Gasteiger partial charge in [-0.15, -0.1) is 0 Å². The molecule has 9 rings (SSSR count). The molecule has 2 nitrogen and oxygen atoms in total. The van der Waals surface area contributed by atoms with Crippen LogP contribution in [-0.2, 0) is 0 Å². The summed E-state index contributed by atoms with van der Waals surface area (Å²) in [6.07, 6.45) is 2.52. The van der Waals surface area contributed by atoms with Crippen molar-refractivity contribution in [3.05, 3.63) is 119 Å². The number of aromatic nitrogens is 1. The fourth-order valence-electron chi connectivity index (χ4n) is 7.05. The van der Waals surface area contributed by atoms with E-state index in [-0.39, 0.29) is 0 Å². The Hall–Kier alpha value is -4.30. The van der Waals surface area contributed by atoms with Crippen LogP contribution in [0.4, 0.5) is 11.4 Å². The minimum Gasteiger partial charge on any atom is -0.353 e. The molecular weight excluding hydrogens is 412 g/mol. The summed E-state index contributed by atoms with van der Waals surface area (Å²) < 4.78 is 0. The minimum absolute atomic E-state index is 0.294. The Labute approximate surface area is 196 Å². The second-order valence-corrected chi connectivity index (χ2v) is 9.75. The Balaban J connectivity index is 1.56. The largest absolute Gasteiger partial charge is 0.353 e. The van der Waals surface area contributed by atoms with Gasteiger partial charge >= 0.3 is 0 Å². The van der Waals surface area contributed by atoms with E-state index in [1.54, 1.807) is 0 Å². The van der Waals surface area contributed by atoms with Crippen molar-refractivity contribution >= 4 is 55.6 Å². The number of fused-ring (bicyclic) bond motifs is 14. The highest BCUT2D eigenvalue weighted by Crippen LogP contribution is 2.60. The third-order valence-corrected chi connectivity index (χ3v) is 8.24. The fourth-order valence-corrected chi connectivity index (χ4v) is 7.05. The van der Waals surface area contributed by atoms with E-state index in [4.69, 9.17) is 0 Å². The van der Waals surface area contributed by atoms with Gasteiger partial charge in [0.2, 0.25) is 0 Å². The molecule has 2 unspecified atom stereocenters. The molecule has 158 valence electrons. The number of rotatable bonds is 0. The van der Waals surface area contributed by atoms with E-state index >= 15 is 0 Å². The summed E-state index contributed by atoms with van der Waals surface area (Å²) in [4.78, 5) is 6.49. The molecule has 6 aromatic rings. The van der Waals surface area contributed by atoms with Crippen LogP contribution < -0.4 is 15.3 Å². The smallest absolute Gasteiger partial charge is 0.0716 e. The summed E-state index contributed by atoms with van der Waals surface area (Å²) in [6.45, 7) is 0. The molecule has 0 saturated heterocycles. The molecule has 0 radical (unpaired) electrons. The first-order chi connectivity index (χ1) is 16.9. The van der Waals surface area contributed by atoms with Crippen molar-refractivity contribution in [2.24, 2.45) is 0 Å². The Morgan fingerprint density at radius 3 is 2.35 bits per heavy atom. The monoisotopic (exact) mass is 432 g/mol. The second-order valence-electron chi connectivity index (χ2n) is 9.75. The van der Waals surface area contributed by atoms with Gasteiger partial charge < -0.3 is 9.88 Å². The first-order valence-corrected chi connectivity index (χ1v) is 12.0. The van der Waals surface area contributed by atoms with Gasteiger partial charge in [0.15, 0.2) is 0 Å². The van der Waals surface area contributed by atoms with Gasteiger partial charge in [0.1, 0.15) is 0 Å². The van der Waals surface area contributed by atoms with Gasteiger partial charge in [-0.3, -0.25) is 0 Å². The van der Waals surface area contributed by atoms with Gasteiger partial charge in [0.05, 0.1) is 17.2 Å². The van der Waals surface area contributed by atoms with Crippen LogP contribution in [-0.4, -0.2) is 11.0 Å². The molecule has 0 spiro atoms. The average Bonchev–Trinajstić information content (AvgIpc) is 3.55. The maximum absolute atomic E-state index is 3.85. The maximum Gasteiger partial charge on any atom is 0.0716 e. The van der Waals surface area contributed by atoms with Crippen molar-refractivity contribution in [1.29, 1.82) is 0 Å². The lowest BCUT2D eigenvalue weighted by Crippen LogP contribution is -2.39. The Morgan fingerprint density at radius 2 is 1.41 bits per heavy atom. The third-order valence-electron chi connectivity index (χ3n) is 8.24. The number of H-pyrrole nitrogens is 1. The highest BCUT2D eigenvalue weighted by Gasteiger charge is 2.49. The van der Waals surface area contributed by atoms with Crippen LogP contribution in [0.1, 0.15) is 17.0 Å². The summed E-state index contributed by atoms with van der Waals surface area (Å²) in [5, 5.41) is 8.09. The second kappa shape index (κ2) is 5.78. The van der Waals surface area contributed by atoms with E-state index in [0.29, 0.717) is 12.0 Å². The third kappa shape index (κ3) is 1.84. The van der Waals surface area contributed by atoms with E-state index in [2.05, 4.69) is 113 Å². The molecule has 2 atom stereocenters. The molecule has 1 N–H and O–H groups in total. The average molecular weight is 433 g/mol. The molecule has 2 heteroatoms. The molecule has 0 fully saturated rings. The molecule has 0 bridgehead atoms. The molecule has 1 aromatic heterocycles. The van der Waals surface area contributed by atoms with E-state index in [0.717, 1.165) is 0 Å². The summed E-state index contributed by atoms with van der Waals surface area (Å²) in [5.74, 6) is 0.313. The van der Waals surface area contributed by atoms with Gasteiger partial charge in [-0.1, -0.05) is 91.0 Å². The molecule has 0 saturated carbocycles. The normalized spacial score (nSPS) is 19.3. The standard InChI is InChI=1S/C32H20N2/c1-2-10-19-18(9-1)17-24-29-21-12-4-3-11-20(21)27-22-13-5-7-15-25(22)33-30(27)32(29)34-26-16-8-6-14-23(26)28(19)31(24)34/h1-17,24,31,33H. The molecule has 3 aliphatic rings. The first-order valence-electron chi connectivity index (χ1n) is 12.0. The van der Waals surface area contributed by atoms with Crippen LogP contribution in [0.5, 0.6) is 0 Å². The zero-order valence-corrected chi connectivity index (χ0v) is 18.4.